The molecule has 1 atom stereocenters. The highest BCUT2D eigenvalue weighted by Gasteiger charge is 2.38. The van der Waals surface area contributed by atoms with Gasteiger partial charge in [-0.2, -0.15) is 0 Å². The predicted octanol–water partition coefficient (Wildman–Crippen LogP) is -0.211. The lowest BCUT2D eigenvalue weighted by Gasteiger charge is -2.28. The summed E-state index contributed by atoms with van der Waals surface area (Å²) in [5.41, 5.74) is -1.16. The first-order chi connectivity index (χ1) is 8.55. The molecule has 112 valence electrons. The molecule has 0 aliphatic rings. The molecule has 0 radical (unpaired) electrons. The topological polar surface area (TPSA) is 113 Å². The number of carbonyl (C=O) groups is 2. The van der Waals surface area contributed by atoms with Gasteiger partial charge in [0.15, 0.2) is 0 Å². The lowest BCUT2D eigenvalue weighted by molar-refractivity contribution is -0.153. The zero-order valence-electron chi connectivity index (χ0n) is 11.7. The van der Waals surface area contributed by atoms with Gasteiger partial charge in [-0.3, -0.25) is 9.59 Å². The van der Waals surface area contributed by atoms with Gasteiger partial charge in [-0.05, 0) is 19.9 Å². The van der Waals surface area contributed by atoms with Gasteiger partial charge < -0.3 is 10.4 Å². The SMILES string of the molecule is CNS(=O)(=O)CCNC(=O)CC(C)(C(=O)O)C(C)C. The molecule has 0 rings (SSSR count). The van der Waals surface area contributed by atoms with E-state index in [2.05, 4.69) is 10.0 Å². The van der Waals surface area contributed by atoms with E-state index in [-0.39, 0.29) is 24.6 Å². The maximum atomic E-state index is 11.7. The summed E-state index contributed by atoms with van der Waals surface area (Å²) in [6, 6.07) is 0. The van der Waals surface area contributed by atoms with E-state index < -0.39 is 27.3 Å². The van der Waals surface area contributed by atoms with Crippen LogP contribution in [-0.2, 0) is 19.6 Å². The molecule has 0 aliphatic carbocycles. The lowest BCUT2D eigenvalue weighted by atomic mass is 9.76. The van der Waals surface area contributed by atoms with Crippen LogP contribution in [0.25, 0.3) is 0 Å². The summed E-state index contributed by atoms with van der Waals surface area (Å²) in [5, 5.41) is 11.6. The second kappa shape index (κ2) is 6.85. The summed E-state index contributed by atoms with van der Waals surface area (Å²) >= 11 is 0. The van der Waals surface area contributed by atoms with Crippen LogP contribution in [0, 0.1) is 11.3 Å². The van der Waals surface area contributed by atoms with Gasteiger partial charge in [0, 0.05) is 13.0 Å². The number of hydrogen-bond acceptors (Lipinski definition) is 4. The summed E-state index contributed by atoms with van der Waals surface area (Å²) in [6.45, 7) is 4.92. The number of carbonyl (C=O) groups excluding carboxylic acids is 1. The quantitative estimate of drug-likeness (QED) is 0.573. The highest BCUT2D eigenvalue weighted by Crippen LogP contribution is 2.31. The Morgan fingerprint density at radius 1 is 1.32 bits per heavy atom. The van der Waals surface area contributed by atoms with Crippen molar-refractivity contribution < 1.29 is 23.1 Å². The molecule has 0 aliphatic heterocycles. The van der Waals surface area contributed by atoms with Crippen molar-refractivity contribution in [1.29, 1.82) is 0 Å². The normalized spacial score (nSPS) is 15.0. The van der Waals surface area contributed by atoms with Gasteiger partial charge in [-0.1, -0.05) is 13.8 Å². The Balaban J connectivity index is 4.43. The molecule has 0 heterocycles. The molecule has 0 saturated heterocycles. The van der Waals surface area contributed by atoms with Gasteiger partial charge in [0.1, 0.15) is 0 Å². The minimum atomic E-state index is -3.37. The van der Waals surface area contributed by atoms with E-state index in [1.54, 1.807) is 13.8 Å². The summed E-state index contributed by atoms with van der Waals surface area (Å²) in [7, 11) is -2.08. The number of nitrogens with one attached hydrogen (secondary N) is 2. The monoisotopic (exact) mass is 294 g/mol. The first kappa shape index (κ1) is 17.8. The Labute approximate surface area is 113 Å². The fraction of sp³-hybridized carbons (Fsp3) is 0.818. The molecule has 0 fully saturated rings. The Bertz CT molecular complexity index is 432. The molecule has 0 saturated carbocycles. The number of aliphatic carboxylic acids is 1. The molecular formula is C11H22N2O5S. The minimum absolute atomic E-state index is 0.0458. The summed E-state index contributed by atoms with van der Waals surface area (Å²) in [5.74, 6) is -1.96. The average molecular weight is 294 g/mol. The fourth-order valence-electron chi connectivity index (χ4n) is 1.35. The van der Waals surface area contributed by atoms with Crippen LogP contribution in [0.4, 0.5) is 0 Å². The van der Waals surface area contributed by atoms with Crippen LogP contribution >= 0.6 is 0 Å². The van der Waals surface area contributed by atoms with Crippen molar-refractivity contribution in [2.75, 3.05) is 19.3 Å². The van der Waals surface area contributed by atoms with Crippen LogP contribution < -0.4 is 10.0 Å². The van der Waals surface area contributed by atoms with Crippen molar-refractivity contribution in [1.82, 2.24) is 10.0 Å². The number of carboxylic acids is 1. The van der Waals surface area contributed by atoms with Crippen molar-refractivity contribution in [3.05, 3.63) is 0 Å². The van der Waals surface area contributed by atoms with Gasteiger partial charge in [0.25, 0.3) is 0 Å². The summed E-state index contributed by atoms with van der Waals surface area (Å²) < 4.78 is 24.4. The number of rotatable bonds is 8. The van der Waals surface area contributed by atoms with Crippen molar-refractivity contribution in [3.8, 4) is 0 Å². The van der Waals surface area contributed by atoms with Gasteiger partial charge in [0.05, 0.1) is 11.2 Å². The number of hydrogen-bond donors (Lipinski definition) is 3. The molecule has 0 spiro atoms. The molecule has 1 amide bonds. The maximum absolute atomic E-state index is 11.7. The highest BCUT2D eigenvalue weighted by molar-refractivity contribution is 7.89. The molecule has 0 aromatic carbocycles. The largest absolute Gasteiger partial charge is 0.481 e. The van der Waals surface area contributed by atoms with Crippen LogP contribution in [0.15, 0.2) is 0 Å². The highest BCUT2D eigenvalue weighted by atomic mass is 32.2. The van der Waals surface area contributed by atoms with Crippen molar-refractivity contribution in [2.45, 2.75) is 27.2 Å². The Morgan fingerprint density at radius 2 is 1.84 bits per heavy atom. The predicted molar refractivity (Wildman–Crippen MR) is 71.1 cm³/mol. The Hall–Kier alpha value is -1.15. The molecule has 0 aromatic rings. The molecular weight excluding hydrogens is 272 g/mol. The van der Waals surface area contributed by atoms with E-state index in [0.29, 0.717) is 0 Å². The van der Waals surface area contributed by atoms with Gasteiger partial charge in [-0.25, -0.2) is 13.1 Å². The molecule has 19 heavy (non-hydrogen) atoms. The molecule has 0 aromatic heterocycles. The van der Waals surface area contributed by atoms with E-state index in [9.17, 15) is 18.0 Å². The van der Waals surface area contributed by atoms with E-state index in [1.165, 1.54) is 14.0 Å². The van der Waals surface area contributed by atoms with Crippen LogP contribution in [0.5, 0.6) is 0 Å². The number of sulfonamides is 1. The molecule has 8 heteroatoms. The number of amides is 1. The van der Waals surface area contributed by atoms with E-state index in [0.717, 1.165) is 0 Å². The van der Waals surface area contributed by atoms with Gasteiger partial charge >= 0.3 is 5.97 Å². The first-order valence-corrected chi connectivity index (χ1v) is 7.61. The summed E-state index contributed by atoms with van der Waals surface area (Å²) in [4.78, 5) is 22.8. The van der Waals surface area contributed by atoms with E-state index in [1.807, 2.05) is 0 Å². The fourth-order valence-corrected chi connectivity index (χ4v) is 1.92. The van der Waals surface area contributed by atoms with Crippen LogP contribution in [0.1, 0.15) is 27.2 Å². The van der Waals surface area contributed by atoms with Crippen molar-refractivity contribution in [2.24, 2.45) is 11.3 Å². The second-order valence-electron chi connectivity index (χ2n) is 4.93. The van der Waals surface area contributed by atoms with Gasteiger partial charge in [0.2, 0.25) is 15.9 Å². The Morgan fingerprint density at radius 3 is 2.21 bits per heavy atom. The molecule has 7 nitrogen and oxygen atoms in total. The van der Waals surface area contributed by atoms with E-state index in [4.69, 9.17) is 5.11 Å². The molecule has 0 bridgehead atoms. The zero-order valence-corrected chi connectivity index (χ0v) is 12.5. The van der Waals surface area contributed by atoms with Crippen LogP contribution in [0.2, 0.25) is 0 Å². The minimum Gasteiger partial charge on any atom is -0.481 e. The Kier molecular flexibility index (Phi) is 6.44. The van der Waals surface area contributed by atoms with Crippen molar-refractivity contribution >= 4 is 21.9 Å². The third kappa shape index (κ3) is 5.56. The third-order valence-electron chi connectivity index (χ3n) is 3.29. The zero-order chi connectivity index (χ0) is 15.3. The second-order valence-corrected chi connectivity index (χ2v) is 6.97. The maximum Gasteiger partial charge on any atom is 0.310 e. The average Bonchev–Trinajstić information content (AvgIpc) is 2.28. The molecule has 1 unspecified atom stereocenters. The van der Waals surface area contributed by atoms with Crippen molar-refractivity contribution in [3.63, 3.8) is 0 Å². The summed E-state index contributed by atoms with van der Waals surface area (Å²) in [6.07, 6.45) is -0.181. The smallest absolute Gasteiger partial charge is 0.310 e. The van der Waals surface area contributed by atoms with Crippen LogP contribution in [-0.4, -0.2) is 44.7 Å². The number of carboxylic acid groups (broad SMARTS) is 1. The lowest BCUT2D eigenvalue weighted by Crippen LogP contribution is -2.40. The van der Waals surface area contributed by atoms with E-state index >= 15 is 0 Å². The van der Waals surface area contributed by atoms with Gasteiger partial charge in [-0.15, -0.1) is 0 Å². The van der Waals surface area contributed by atoms with Crippen LogP contribution in [0.3, 0.4) is 0 Å². The molecule has 3 N–H and O–H groups in total. The standard InChI is InChI=1S/C11H22N2O5S/c1-8(2)11(3,10(15)16)7-9(14)13-5-6-19(17,18)12-4/h8,12H,5-7H2,1-4H3,(H,13,14)(H,15,16). The third-order valence-corrected chi connectivity index (χ3v) is 4.66. The first-order valence-electron chi connectivity index (χ1n) is 5.96.